The van der Waals surface area contributed by atoms with E-state index in [2.05, 4.69) is 27.6 Å². The van der Waals surface area contributed by atoms with Gasteiger partial charge in [0.15, 0.2) is 5.96 Å². The summed E-state index contributed by atoms with van der Waals surface area (Å²) in [4.78, 5) is 6.46. The van der Waals surface area contributed by atoms with E-state index in [1.807, 2.05) is 0 Å². The first-order valence-corrected chi connectivity index (χ1v) is 10.3. The first-order valence-electron chi connectivity index (χ1n) is 8.85. The number of piperidine rings is 2. The molecule has 0 aromatic rings. The summed E-state index contributed by atoms with van der Waals surface area (Å²) in [6.45, 7) is 2.65. The minimum atomic E-state index is -5.24. The monoisotopic (exact) mass is 527 g/mol. The van der Waals surface area contributed by atoms with E-state index in [0.717, 1.165) is 32.5 Å². The molecular formula is C15H29F3IN5O2S. The molecule has 160 valence electrons. The van der Waals surface area contributed by atoms with Crippen LogP contribution >= 0.6 is 24.0 Å². The molecule has 2 aliphatic rings. The molecule has 0 atom stereocenters. The molecule has 2 saturated heterocycles. The Morgan fingerprint density at radius 1 is 1.11 bits per heavy atom. The van der Waals surface area contributed by atoms with Crippen LogP contribution < -0.4 is 10.6 Å². The Labute approximate surface area is 176 Å². The largest absolute Gasteiger partial charge is 0.511 e. The second kappa shape index (κ2) is 10.4. The summed E-state index contributed by atoms with van der Waals surface area (Å²) in [6, 6.07) is -0.0987. The molecule has 2 rings (SSSR count). The highest BCUT2D eigenvalue weighted by Crippen LogP contribution is 2.28. The average molecular weight is 527 g/mol. The van der Waals surface area contributed by atoms with E-state index in [4.69, 9.17) is 0 Å². The topological polar surface area (TPSA) is 77.0 Å². The van der Waals surface area contributed by atoms with Crippen molar-refractivity contribution in [3.8, 4) is 0 Å². The van der Waals surface area contributed by atoms with E-state index in [1.165, 1.54) is 0 Å². The molecule has 0 bridgehead atoms. The van der Waals surface area contributed by atoms with E-state index >= 15 is 0 Å². The molecule has 2 aliphatic heterocycles. The maximum atomic E-state index is 12.6. The molecule has 2 heterocycles. The van der Waals surface area contributed by atoms with Crippen LogP contribution in [0, 0.1) is 5.92 Å². The number of aliphatic imine (C=N–C) groups is 1. The summed E-state index contributed by atoms with van der Waals surface area (Å²) in [5.74, 6) is 1.18. The van der Waals surface area contributed by atoms with Crippen molar-refractivity contribution < 1.29 is 21.6 Å². The first-order chi connectivity index (χ1) is 12.1. The number of nitrogens with zero attached hydrogens (tertiary/aromatic N) is 3. The lowest BCUT2D eigenvalue weighted by atomic mass is 9.97. The highest BCUT2D eigenvalue weighted by Gasteiger charge is 2.50. The van der Waals surface area contributed by atoms with Gasteiger partial charge in [-0.2, -0.15) is 17.5 Å². The van der Waals surface area contributed by atoms with E-state index < -0.39 is 15.5 Å². The molecule has 0 aliphatic carbocycles. The fourth-order valence-electron chi connectivity index (χ4n) is 3.28. The van der Waals surface area contributed by atoms with E-state index in [0.29, 0.717) is 29.0 Å². The Hall–Kier alpha value is -0.340. The molecule has 2 fully saturated rings. The summed E-state index contributed by atoms with van der Waals surface area (Å²) < 4.78 is 61.2. The molecule has 0 radical (unpaired) electrons. The van der Waals surface area contributed by atoms with Crippen molar-refractivity contribution in [2.45, 2.75) is 37.2 Å². The molecule has 0 amide bonds. The molecular weight excluding hydrogens is 498 g/mol. The number of alkyl halides is 3. The standard InChI is InChI=1S/C15H28F3N5O2S.HI/c1-19-14(20-11-12-3-7-22(2)8-4-12)21-13-5-9-23(10-6-13)26(24,25)15(16,17)18;/h12-13H,3-11H2,1-2H3,(H2,19,20,21);1H. The Kier molecular flexibility index (Phi) is 9.55. The predicted octanol–water partition coefficient (Wildman–Crippen LogP) is 1.43. The summed E-state index contributed by atoms with van der Waals surface area (Å²) in [6.07, 6.45) is 2.86. The molecule has 0 spiro atoms. The normalized spacial score (nSPS) is 22.3. The number of guanidine groups is 1. The Morgan fingerprint density at radius 2 is 1.67 bits per heavy atom. The van der Waals surface area contributed by atoms with E-state index in [-0.39, 0.29) is 43.1 Å². The van der Waals surface area contributed by atoms with Gasteiger partial charge in [-0.1, -0.05) is 0 Å². The molecule has 0 unspecified atom stereocenters. The van der Waals surface area contributed by atoms with Crippen LogP contribution in [0.15, 0.2) is 4.99 Å². The van der Waals surface area contributed by atoms with Crippen LogP contribution in [0.1, 0.15) is 25.7 Å². The number of hydrogen-bond acceptors (Lipinski definition) is 4. The van der Waals surface area contributed by atoms with Crippen LogP contribution in [0.2, 0.25) is 0 Å². The van der Waals surface area contributed by atoms with Gasteiger partial charge in [-0.15, -0.1) is 24.0 Å². The highest BCUT2D eigenvalue weighted by atomic mass is 127. The van der Waals surface area contributed by atoms with Gasteiger partial charge in [-0.05, 0) is 51.7 Å². The van der Waals surface area contributed by atoms with Crippen LogP contribution in [0.5, 0.6) is 0 Å². The predicted molar refractivity (Wildman–Crippen MR) is 110 cm³/mol. The van der Waals surface area contributed by atoms with E-state index in [1.54, 1.807) is 7.05 Å². The highest BCUT2D eigenvalue weighted by molar-refractivity contribution is 14.0. The number of nitrogens with one attached hydrogen (secondary N) is 2. The van der Waals surface area contributed by atoms with Crippen LogP contribution in [-0.2, 0) is 10.0 Å². The Morgan fingerprint density at radius 3 is 2.15 bits per heavy atom. The summed E-state index contributed by atoms with van der Waals surface area (Å²) in [7, 11) is -1.48. The lowest BCUT2D eigenvalue weighted by Crippen LogP contribution is -2.52. The smallest absolute Gasteiger partial charge is 0.356 e. The Bertz CT molecular complexity index is 587. The van der Waals surface area contributed by atoms with Crippen LogP contribution in [0.3, 0.4) is 0 Å². The molecule has 27 heavy (non-hydrogen) atoms. The maximum absolute atomic E-state index is 12.6. The second-order valence-electron chi connectivity index (χ2n) is 6.97. The number of rotatable bonds is 4. The van der Waals surface area contributed by atoms with Crippen molar-refractivity contribution in [3.05, 3.63) is 0 Å². The molecule has 2 N–H and O–H groups in total. The fraction of sp³-hybridized carbons (Fsp3) is 0.933. The van der Waals surface area contributed by atoms with Crippen molar-refractivity contribution in [2.75, 3.05) is 46.8 Å². The third-order valence-corrected chi connectivity index (χ3v) is 6.68. The molecule has 0 aromatic carbocycles. The van der Waals surface area contributed by atoms with Crippen molar-refractivity contribution in [2.24, 2.45) is 10.9 Å². The second-order valence-corrected chi connectivity index (χ2v) is 8.90. The van der Waals surface area contributed by atoms with Gasteiger partial charge in [-0.25, -0.2) is 8.42 Å². The number of sulfonamides is 1. The van der Waals surface area contributed by atoms with Gasteiger partial charge < -0.3 is 15.5 Å². The summed E-state index contributed by atoms with van der Waals surface area (Å²) in [5, 5.41) is 6.47. The van der Waals surface area contributed by atoms with Crippen LogP contribution in [0.4, 0.5) is 13.2 Å². The van der Waals surface area contributed by atoms with Crippen molar-refractivity contribution in [1.29, 1.82) is 0 Å². The molecule has 7 nitrogen and oxygen atoms in total. The SMILES string of the molecule is CN=C(NCC1CCN(C)CC1)NC1CCN(S(=O)(=O)C(F)(F)F)CC1.I. The first kappa shape index (κ1) is 24.7. The van der Waals surface area contributed by atoms with Gasteiger partial charge in [0, 0.05) is 32.7 Å². The zero-order valence-electron chi connectivity index (χ0n) is 15.6. The fourth-order valence-corrected chi connectivity index (χ4v) is 4.27. The van der Waals surface area contributed by atoms with Crippen molar-refractivity contribution >= 4 is 40.0 Å². The van der Waals surface area contributed by atoms with Gasteiger partial charge in [-0.3, -0.25) is 4.99 Å². The third kappa shape index (κ3) is 6.89. The summed E-state index contributed by atoms with van der Waals surface area (Å²) in [5.41, 5.74) is -5.24. The zero-order valence-corrected chi connectivity index (χ0v) is 18.8. The number of halogens is 4. The minimum Gasteiger partial charge on any atom is -0.356 e. The van der Waals surface area contributed by atoms with Crippen LogP contribution in [0.25, 0.3) is 0 Å². The van der Waals surface area contributed by atoms with Crippen molar-refractivity contribution in [3.63, 3.8) is 0 Å². The van der Waals surface area contributed by atoms with Gasteiger partial charge in [0.1, 0.15) is 0 Å². The van der Waals surface area contributed by atoms with Gasteiger partial charge in [0.05, 0.1) is 0 Å². The number of likely N-dealkylation sites (tertiary alicyclic amines) is 1. The summed E-state index contributed by atoms with van der Waals surface area (Å²) >= 11 is 0. The number of hydrogen-bond donors (Lipinski definition) is 2. The lowest BCUT2D eigenvalue weighted by molar-refractivity contribution is -0.0494. The van der Waals surface area contributed by atoms with Crippen molar-refractivity contribution in [1.82, 2.24) is 19.8 Å². The van der Waals surface area contributed by atoms with Gasteiger partial charge in [0.25, 0.3) is 0 Å². The minimum absolute atomic E-state index is 0. The molecule has 0 aromatic heterocycles. The van der Waals surface area contributed by atoms with E-state index in [9.17, 15) is 21.6 Å². The quantitative estimate of drug-likeness (QED) is 0.329. The maximum Gasteiger partial charge on any atom is 0.511 e. The lowest BCUT2D eigenvalue weighted by Gasteiger charge is -2.33. The Balaban J connectivity index is 0.00000364. The van der Waals surface area contributed by atoms with Gasteiger partial charge in [0.2, 0.25) is 0 Å². The molecule has 0 saturated carbocycles. The average Bonchev–Trinajstić information content (AvgIpc) is 2.59. The third-order valence-electron chi connectivity index (χ3n) is 5.05. The van der Waals surface area contributed by atoms with Gasteiger partial charge >= 0.3 is 15.5 Å². The zero-order chi connectivity index (χ0) is 19.4. The van der Waals surface area contributed by atoms with Crippen LogP contribution in [-0.4, -0.2) is 82.0 Å². The molecule has 12 heteroatoms.